The second-order valence-corrected chi connectivity index (χ2v) is 8.78. The number of halogens is 5. The van der Waals surface area contributed by atoms with Crippen molar-refractivity contribution >= 4 is 32.5 Å². The van der Waals surface area contributed by atoms with Crippen LogP contribution < -0.4 is 10.0 Å². The van der Waals surface area contributed by atoms with Crippen LogP contribution in [0.15, 0.2) is 42.5 Å². The summed E-state index contributed by atoms with van der Waals surface area (Å²) < 4.78 is 91.0. The number of nitrogens with one attached hydrogen (secondary N) is 2. The van der Waals surface area contributed by atoms with Gasteiger partial charge in [0, 0.05) is 5.39 Å². The highest BCUT2D eigenvalue weighted by Gasteiger charge is 2.30. The number of hydrogen-bond acceptors (Lipinski definition) is 4. The van der Waals surface area contributed by atoms with Crippen molar-refractivity contribution in [2.75, 3.05) is 11.0 Å². The molecule has 1 aromatic heterocycles. The summed E-state index contributed by atoms with van der Waals surface area (Å²) in [6.45, 7) is 1.44. The molecular weight excluding hydrogens is 457 g/mol. The standard InChI is InChI=1S/C20H16F5N3O3S/c1-10(12-8-14(21)18(15(22)9-12)28-32(2,30)31)26-19(29)17-5-3-11-7-13(20(23,24)25)4-6-16(11)27-17/h3-10,28H,1-2H3,(H,26,29)/t10-/m0/s1. The third-order valence-corrected chi connectivity index (χ3v) is 5.02. The molecule has 0 spiro atoms. The molecule has 0 aliphatic carbocycles. The number of fused-ring (bicyclic) bond motifs is 1. The van der Waals surface area contributed by atoms with E-state index in [-0.39, 0.29) is 22.2 Å². The highest BCUT2D eigenvalue weighted by molar-refractivity contribution is 7.92. The van der Waals surface area contributed by atoms with Gasteiger partial charge in [0.05, 0.1) is 23.4 Å². The first-order chi connectivity index (χ1) is 14.7. The van der Waals surface area contributed by atoms with Crippen molar-refractivity contribution in [3.63, 3.8) is 0 Å². The Morgan fingerprint density at radius 3 is 2.22 bits per heavy atom. The molecule has 12 heteroatoms. The monoisotopic (exact) mass is 473 g/mol. The summed E-state index contributed by atoms with van der Waals surface area (Å²) in [5, 5.41) is 2.66. The fourth-order valence-corrected chi connectivity index (χ4v) is 3.47. The van der Waals surface area contributed by atoms with Crippen molar-refractivity contribution in [1.29, 1.82) is 0 Å². The average molecular weight is 473 g/mol. The van der Waals surface area contributed by atoms with Gasteiger partial charge in [-0.1, -0.05) is 6.07 Å². The first-order valence-electron chi connectivity index (χ1n) is 9.00. The third kappa shape index (κ3) is 5.31. The van der Waals surface area contributed by atoms with Gasteiger partial charge in [-0.05, 0) is 48.9 Å². The van der Waals surface area contributed by atoms with Crippen LogP contribution in [-0.2, 0) is 16.2 Å². The minimum atomic E-state index is -4.52. The fourth-order valence-electron chi connectivity index (χ4n) is 2.91. The number of amides is 1. The molecule has 2 aromatic carbocycles. The second-order valence-electron chi connectivity index (χ2n) is 7.03. The molecule has 0 bridgehead atoms. The van der Waals surface area contributed by atoms with Crippen LogP contribution >= 0.6 is 0 Å². The maximum atomic E-state index is 14.2. The van der Waals surface area contributed by atoms with E-state index in [1.807, 2.05) is 0 Å². The number of alkyl halides is 3. The lowest BCUT2D eigenvalue weighted by atomic mass is 10.1. The van der Waals surface area contributed by atoms with Crippen LogP contribution in [0.5, 0.6) is 0 Å². The number of anilines is 1. The van der Waals surface area contributed by atoms with E-state index in [9.17, 15) is 35.2 Å². The summed E-state index contributed by atoms with van der Waals surface area (Å²) in [4.78, 5) is 16.5. The first-order valence-corrected chi connectivity index (χ1v) is 10.9. The van der Waals surface area contributed by atoms with E-state index in [0.29, 0.717) is 0 Å². The molecule has 1 amide bonds. The first kappa shape index (κ1) is 23.4. The van der Waals surface area contributed by atoms with Crippen molar-refractivity contribution in [3.05, 3.63) is 70.9 Å². The highest BCUT2D eigenvalue weighted by Crippen LogP contribution is 2.31. The Kier molecular flexibility index (Phi) is 6.09. The van der Waals surface area contributed by atoms with Crippen molar-refractivity contribution in [3.8, 4) is 0 Å². The zero-order valence-corrected chi connectivity index (χ0v) is 17.4. The Balaban J connectivity index is 1.81. The number of rotatable bonds is 5. The predicted octanol–water partition coefficient (Wildman–Crippen LogP) is 4.39. The van der Waals surface area contributed by atoms with E-state index in [1.54, 1.807) is 4.72 Å². The van der Waals surface area contributed by atoms with Gasteiger partial charge in [-0.2, -0.15) is 13.2 Å². The minimum absolute atomic E-state index is 0.0167. The van der Waals surface area contributed by atoms with Crippen molar-refractivity contribution in [1.82, 2.24) is 10.3 Å². The van der Waals surface area contributed by atoms with Crippen LogP contribution in [0.1, 0.15) is 34.6 Å². The Morgan fingerprint density at radius 2 is 1.66 bits per heavy atom. The summed E-state index contributed by atoms with van der Waals surface area (Å²) >= 11 is 0. The average Bonchev–Trinajstić information content (AvgIpc) is 2.68. The number of aromatic nitrogens is 1. The maximum Gasteiger partial charge on any atom is 0.416 e. The smallest absolute Gasteiger partial charge is 0.344 e. The van der Waals surface area contributed by atoms with Crippen molar-refractivity contribution in [2.45, 2.75) is 19.1 Å². The normalized spacial score (nSPS) is 13.1. The predicted molar refractivity (Wildman–Crippen MR) is 107 cm³/mol. The van der Waals surface area contributed by atoms with Crippen LogP contribution in [0.3, 0.4) is 0 Å². The maximum absolute atomic E-state index is 14.2. The highest BCUT2D eigenvalue weighted by atomic mass is 32.2. The molecule has 0 radical (unpaired) electrons. The number of hydrogen-bond donors (Lipinski definition) is 2. The summed E-state index contributed by atoms with van der Waals surface area (Å²) in [6.07, 6.45) is -3.78. The Morgan fingerprint density at radius 1 is 1.03 bits per heavy atom. The molecule has 32 heavy (non-hydrogen) atoms. The van der Waals surface area contributed by atoms with Gasteiger partial charge in [-0.25, -0.2) is 22.2 Å². The summed E-state index contributed by atoms with van der Waals surface area (Å²) in [6, 6.07) is 6.26. The molecule has 2 N–H and O–H groups in total. The molecule has 0 unspecified atom stereocenters. The number of carbonyl (C=O) groups excluding carboxylic acids is 1. The van der Waals surface area contributed by atoms with E-state index in [2.05, 4.69) is 10.3 Å². The van der Waals surface area contributed by atoms with E-state index in [0.717, 1.165) is 36.6 Å². The zero-order valence-electron chi connectivity index (χ0n) is 16.6. The molecule has 6 nitrogen and oxygen atoms in total. The second kappa shape index (κ2) is 8.34. The van der Waals surface area contributed by atoms with Crippen LogP contribution in [-0.4, -0.2) is 25.6 Å². The number of nitrogens with zero attached hydrogens (tertiary/aromatic N) is 1. The van der Waals surface area contributed by atoms with Crippen LogP contribution in [0.4, 0.5) is 27.6 Å². The molecule has 170 valence electrons. The molecule has 3 aromatic rings. The van der Waals surface area contributed by atoms with Gasteiger partial charge in [0.1, 0.15) is 11.4 Å². The molecule has 1 atom stereocenters. The molecule has 3 rings (SSSR count). The molecule has 0 fully saturated rings. The fraction of sp³-hybridized carbons (Fsp3) is 0.200. The molecule has 0 aliphatic rings. The lowest BCUT2D eigenvalue weighted by Gasteiger charge is -2.16. The minimum Gasteiger partial charge on any atom is -0.344 e. The number of benzene rings is 2. The zero-order chi connectivity index (χ0) is 23.8. The van der Waals surface area contributed by atoms with E-state index >= 15 is 0 Å². The van der Waals surface area contributed by atoms with Crippen molar-refractivity contribution in [2.24, 2.45) is 0 Å². The lowest BCUT2D eigenvalue weighted by molar-refractivity contribution is -0.137. The molecular formula is C20H16F5N3O3S. The van der Waals surface area contributed by atoms with E-state index in [1.165, 1.54) is 19.1 Å². The van der Waals surface area contributed by atoms with Crippen LogP contribution in [0.2, 0.25) is 0 Å². The molecule has 0 saturated carbocycles. The Labute approximate surface area is 179 Å². The molecule has 0 aliphatic heterocycles. The topological polar surface area (TPSA) is 88.2 Å². The Hall–Kier alpha value is -3.28. The third-order valence-electron chi connectivity index (χ3n) is 4.45. The van der Waals surface area contributed by atoms with Crippen LogP contribution in [0.25, 0.3) is 10.9 Å². The van der Waals surface area contributed by atoms with Crippen molar-refractivity contribution < 1.29 is 35.2 Å². The van der Waals surface area contributed by atoms with Gasteiger partial charge in [-0.15, -0.1) is 0 Å². The largest absolute Gasteiger partial charge is 0.416 e. The number of pyridine rings is 1. The van der Waals surface area contributed by atoms with Gasteiger partial charge >= 0.3 is 6.18 Å². The summed E-state index contributed by atoms with van der Waals surface area (Å²) in [5.74, 6) is -3.06. The summed E-state index contributed by atoms with van der Waals surface area (Å²) in [7, 11) is -3.91. The van der Waals surface area contributed by atoms with Gasteiger partial charge in [-0.3, -0.25) is 9.52 Å². The molecule has 1 heterocycles. The molecule has 0 saturated heterocycles. The number of carbonyl (C=O) groups is 1. The van der Waals surface area contributed by atoms with Gasteiger partial charge < -0.3 is 5.32 Å². The Bertz CT molecular complexity index is 1290. The van der Waals surface area contributed by atoms with E-state index in [4.69, 9.17) is 0 Å². The lowest BCUT2D eigenvalue weighted by Crippen LogP contribution is -2.27. The van der Waals surface area contributed by atoms with Gasteiger partial charge in [0.2, 0.25) is 10.0 Å². The van der Waals surface area contributed by atoms with Crippen LogP contribution in [0, 0.1) is 11.6 Å². The number of sulfonamides is 1. The van der Waals surface area contributed by atoms with E-state index < -0.39 is 51.0 Å². The van der Waals surface area contributed by atoms with Gasteiger partial charge in [0.15, 0.2) is 11.6 Å². The SMILES string of the molecule is C[C@H](NC(=O)c1ccc2cc(C(F)(F)F)ccc2n1)c1cc(F)c(NS(C)(=O)=O)c(F)c1. The quantitative estimate of drug-likeness (QED) is 0.538. The van der Waals surface area contributed by atoms with Gasteiger partial charge in [0.25, 0.3) is 5.91 Å². The summed E-state index contributed by atoms with van der Waals surface area (Å²) in [5.41, 5.74) is -1.63.